The van der Waals surface area contributed by atoms with Gasteiger partial charge in [-0.1, -0.05) is 356 Å². The molecular weight excluding hydrogens is 1480 g/mol. The molecule has 0 saturated heterocycles. The van der Waals surface area contributed by atoms with E-state index in [1.807, 2.05) is 12.2 Å². The fourth-order valence-corrected chi connectivity index (χ4v) is 13.0. The second-order valence-electron chi connectivity index (χ2n) is 28.9. The van der Waals surface area contributed by atoms with Crippen molar-refractivity contribution < 1.29 is 75.8 Å². The van der Waals surface area contributed by atoms with Gasteiger partial charge >= 0.3 is 33.6 Å². The summed E-state index contributed by atoms with van der Waals surface area (Å²) in [4.78, 5) is 58.9. The molecule has 652 valence electrons. The Morgan fingerprint density at radius 3 is 0.713 bits per heavy atom. The Hall–Kier alpha value is -5.87. The molecule has 0 bridgehead atoms. The molecule has 0 saturated carbocycles. The molecule has 0 aromatic carbocycles. The van der Waals surface area contributed by atoms with Gasteiger partial charge in [-0.15, -0.1) is 0 Å². The molecule has 0 fully saturated rings. The molecule has 5 unspecified atom stereocenters. The molecule has 4 N–H and O–H groups in total. The van der Waals surface area contributed by atoms with Crippen LogP contribution in [0.4, 0.5) is 0 Å². The number of hydrogen-bond donors (Lipinski definition) is 4. The number of aliphatic hydroxyl groups excluding tert-OH is 2. The third-order valence-electron chi connectivity index (χ3n) is 18.0. The monoisotopic (exact) mass is 1640 g/mol. The molecule has 0 aromatic rings. The quantitative estimate of drug-likeness (QED) is 0.0146. The van der Waals surface area contributed by atoms with Crippen LogP contribution in [0.3, 0.4) is 0 Å². The molecule has 0 amide bonds. The fraction of sp³-hybridized carbons (Fsp3) is 0.619. The van der Waals surface area contributed by atoms with Gasteiger partial charge in [0.05, 0.1) is 26.4 Å². The topological polar surface area (TPSA) is 231 Å². The second kappa shape index (κ2) is 87.4. The second-order valence-corrected chi connectivity index (χ2v) is 31.8. The summed E-state index contributed by atoms with van der Waals surface area (Å²) in [6.45, 7) is 2.27. The number of carbonyl (C=O) groups excluding carboxylic acids is 3. The highest BCUT2D eigenvalue weighted by Crippen LogP contribution is 2.45. The van der Waals surface area contributed by atoms with Gasteiger partial charge in [-0.3, -0.25) is 32.5 Å². The Kier molecular flexibility index (Phi) is 83.0. The molecule has 0 aliphatic rings. The lowest BCUT2D eigenvalue weighted by molar-refractivity contribution is -0.161. The summed E-state index contributed by atoms with van der Waals surface area (Å²) in [5.74, 6) is -1.66. The van der Waals surface area contributed by atoms with Gasteiger partial charge in [-0.2, -0.15) is 0 Å². The standard InChI is InChI=1S/C97H158O16P2/c1-4-7-10-13-16-19-22-25-28-31-33-35-37-39-41-43-44-45-46-48-50-51-53-55-57-60-62-65-68-71-74-77-80-83-95(100)107-86-92(98)87-109-114(103,104)110-88-93(99)89-111-115(105,106)112-91-94(113-97(102)85-82-79-76-73-70-67-64-59-30-27-24-21-18-15-12-9-6-3)90-108-96(101)84-81-78-75-72-69-66-63-61-58-56-54-52-49-47-42-40-38-36-34-32-29-26-23-20-17-14-11-8-5-2/h7-12,16-21,25-30,33-36,39-42,44-45,49,52,64,67,73,76,92-94,98-99H,4-6,13-15,22-24,31-32,37-38,43,46-48,50-51,53-63,65-66,68-72,74-75,77-91H2,1-3H3,(H,103,104)(H,105,106)/b10-7-,11-8-,12-9-,19-16-,20-17-,21-18-,28-25-,29-26-,30-27-,35-33-,36-34-,41-39-,42-40-,45-44-,52-49-,67-64-,76-73-. The van der Waals surface area contributed by atoms with Gasteiger partial charge in [0.1, 0.15) is 25.4 Å². The predicted molar refractivity (Wildman–Crippen MR) is 481 cm³/mol. The van der Waals surface area contributed by atoms with E-state index in [1.54, 1.807) is 0 Å². The first-order valence-electron chi connectivity index (χ1n) is 44.4. The number of phosphoric acid groups is 2. The predicted octanol–water partition coefficient (Wildman–Crippen LogP) is 27.2. The van der Waals surface area contributed by atoms with Crippen LogP contribution in [-0.4, -0.2) is 95.9 Å². The van der Waals surface area contributed by atoms with Gasteiger partial charge in [-0.25, -0.2) is 9.13 Å². The number of allylic oxidation sites excluding steroid dienone is 34. The number of aliphatic hydroxyl groups is 2. The Morgan fingerprint density at radius 1 is 0.243 bits per heavy atom. The SMILES string of the molecule is CC/C=C\C/C=C\C/C=C\C/C=C\C/C=C\C/C=C\CCCCCCCCCCCCCCCCC(=O)OCC(O)COP(=O)(O)OCC(O)COP(=O)(O)OCC(COC(=O)CCCCCCCCCCCC/C=C\C/C=C\C/C=C\C/C=C\C/C=C\C/C=C\CC)OC(=O)CCC/C=C\C/C=C\C/C=C\C/C=C\C/C=C\CC. The van der Waals surface area contributed by atoms with Crippen molar-refractivity contribution in [2.75, 3.05) is 39.6 Å². The molecule has 0 heterocycles. The van der Waals surface area contributed by atoms with Crippen molar-refractivity contribution in [3.05, 3.63) is 207 Å². The van der Waals surface area contributed by atoms with Crippen LogP contribution in [0, 0.1) is 0 Å². The van der Waals surface area contributed by atoms with E-state index >= 15 is 0 Å². The number of phosphoric ester groups is 2. The lowest BCUT2D eigenvalue weighted by atomic mass is 10.0. The molecule has 0 radical (unpaired) electrons. The summed E-state index contributed by atoms with van der Waals surface area (Å²) in [6.07, 6.45) is 117. The van der Waals surface area contributed by atoms with Gasteiger partial charge in [0.2, 0.25) is 0 Å². The van der Waals surface area contributed by atoms with Crippen molar-refractivity contribution in [1.29, 1.82) is 0 Å². The lowest BCUT2D eigenvalue weighted by Crippen LogP contribution is -2.30. The molecule has 0 aromatic heterocycles. The summed E-state index contributed by atoms with van der Waals surface area (Å²) in [5.41, 5.74) is 0. The van der Waals surface area contributed by atoms with Crippen LogP contribution in [-0.2, 0) is 55.8 Å². The van der Waals surface area contributed by atoms with E-state index in [4.69, 9.17) is 32.3 Å². The van der Waals surface area contributed by atoms with Crippen LogP contribution < -0.4 is 0 Å². The molecule has 115 heavy (non-hydrogen) atoms. The number of rotatable bonds is 82. The maximum absolute atomic E-state index is 13.0. The van der Waals surface area contributed by atoms with Gasteiger partial charge < -0.3 is 34.2 Å². The normalized spacial score (nSPS) is 14.8. The highest BCUT2D eigenvalue weighted by Gasteiger charge is 2.29. The minimum atomic E-state index is -4.96. The van der Waals surface area contributed by atoms with Crippen molar-refractivity contribution in [2.45, 2.75) is 347 Å². The number of unbranched alkanes of at least 4 members (excludes halogenated alkanes) is 25. The molecule has 0 aliphatic heterocycles. The molecule has 5 atom stereocenters. The van der Waals surface area contributed by atoms with Crippen LogP contribution in [0.25, 0.3) is 0 Å². The largest absolute Gasteiger partial charge is 0.472 e. The third-order valence-corrected chi connectivity index (χ3v) is 19.9. The van der Waals surface area contributed by atoms with E-state index < -0.39 is 91.5 Å². The number of hydrogen-bond acceptors (Lipinski definition) is 14. The van der Waals surface area contributed by atoms with Gasteiger partial charge in [0.25, 0.3) is 0 Å². The van der Waals surface area contributed by atoms with Gasteiger partial charge in [0.15, 0.2) is 6.10 Å². The van der Waals surface area contributed by atoms with Crippen molar-refractivity contribution in [2.24, 2.45) is 0 Å². The zero-order valence-electron chi connectivity index (χ0n) is 71.6. The summed E-state index contributed by atoms with van der Waals surface area (Å²) in [5, 5.41) is 20.7. The number of ether oxygens (including phenoxy) is 3. The van der Waals surface area contributed by atoms with E-state index in [-0.39, 0.29) is 19.3 Å². The minimum absolute atomic E-state index is 0.0186. The molecule has 0 spiro atoms. The Labute approximate surface area is 699 Å². The Morgan fingerprint density at radius 2 is 0.443 bits per heavy atom. The highest BCUT2D eigenvalue weighted by molar-refractivity contribution is 7.47. The van der Waals surface area contributed by atoms with Crippen LogP contribution in [0.2, 0.25) is 0 Å². The summed E-state index contributed by atoms with van der Waals surface area (Å²) in [7, 11) is -9.83. The van der Waals surface area contributed by atoms with Crippen LogP contribution in [0.15, 0.2) is 207 Å². The van der Waals surface area contributed by atoms with Crippen LogP contribution in [0.5, 0.6) is 0 Å². The molecular formula is C97H158O16P2. The maximum Gasteiger partial charge on any atom is 0.472 e. The molecule has 0 rings (SSSR count). The average molecular weight is 1640 g/mol. The van der Waals surface area contributed by atoms with Gasteiger partial charge in [0, 0.05) is 19.3 Å². The van der Waals surface area contributed by atoms with Crippen molar-refractivity contribution >= 4 is 33.6 Å². The highest BCUT2D eigenvalue weighted by atomic mass is 31.2. The summed E-state index contributed by atoms with van der Waals surface area (Å²) in [6, 6.07) is 0. The zero-order valence-corrected chi connectivity index (χ0v) is 73.4. The molecule has 0 aliphatic carbocycles. The first-order chi connectivity index (χ1) is 56.2. The Balaban J connectivity index is 4.57. The maximum atomic E-state index is 13.0. The third kappa shape index (κ3) is 88.8. The molecule has 16 nitrogen and oxygen atoms in total. The van der Waals surface area contributed by atoms with E-state index in [9.17, 15) is 43.5 Å². The number of esters is 3. The summed E-state index contributed by atoms with van der Waals surface area (Å²) < 4.78 is 61.3. The van der Waals surface area contributed by atoms with Crippen molar-refractivity contribution in [3.8, 4) is 0 Å². The smallest absolute Gasteiger partial charge is 0.463 e. The lowest BCUT2D eigenvalue weighted by Gasteiger charge is -2.21. The van der Waals surface area contributed by atoms with E-state index in [0.717, 1.165) is 167 Å². The molecule has 18 heteroatoms. The van der Waals surface area contributed by atoms with Gasteiger partial charge in [-0.05, 0) is 161 Å². The van der Waals surface area contributed by atoms with Crippen molar-refractivity contribution in [1.82, 2.24) is 0 Å². The first kappa shape index (κ1) is 109. The first-order valence-corrected chi connectivity index (χ1v) is 47.4. The fourth-order valence-electron chi connectivity index (χ4n) is 11.4. The van der Waals surface area contributed by atoms with E-state index in [0.29, 0.717) is 25.7 Å². The van der Waals surface area contributed by atoms with E-state index in [1.165, 1.54) is 96.3 Å². The zero-order chi connectivity index (χ0) is 83.6. The average Bonchev–Trinajstić information content (AvgIpc) is 0.902. The van der Waals surface area contributed by atoms with E-state index in [2.05, 4.69) is 215 Å². The minimum Gasteiger partial charge on any atom is -0.463 e. The van der Waals surface area contributed by atoms with Crippen LogP contribution >= 0.6 is 15.6 Å². The Bertz CT molecular complexity index is 2920. The van der Waals surface area contributed by atoms with Crippen molar-refractivity contribution in [3.63, 3.8) is 0 Å². The summed E-state index contributed by atoms with van der Waals surface area (Å²) >= 11 is 0. The number of carbonyl (C=O) groups is 3. The van der Waals surface area contributed by atoms with Crippen LogP contribution in [0.1, 0.15) is 329 Å².